The molecule has 5 heteroatoms. The summed E-state index contributed by atoms with van der Waals surface area (Å²) in [5, 5.41) is 15.5. The number of rotatable bonds is 4. The van der Waals surface area contributed by atoms with Crippen molar-refractivity contribution in [2.45, 2.75) is 0 Å². The average Bonchev–Trinajstić information content (AvgIpc) is 3.68. The summed E-state index contributed by atoms with van der Waals surface area (Å²) in [4.78, 5) is 9.81. The predicted molar refractivity (Wildman–Crippen MR) is 247 cm³/mol. The molecule has 0 saturated carbocycles. The van der Waals surface area contributed by atoms with Gasteiger partial charge in [-0.1, -0.05) is 139 Å². The van der Waals surface area contributed by atoms with Crippen LogP contribution >= 0.6 is 6.04 Å². The summed E-state index contributed by atoms with van der Waals surface area (Å²) >= 11 is 6.95. The molecule has 0 amide bonds. The molecule has 3 nitrogen and oxygen atoms in total. The lowest BCUT2D eigenvalue weighted by Gasteiger charge is -2.25. The van der Waals surface area contributed by atoms with Crippen molar-refractivity contribution in [1.82, 2.24) is 14.4 Å². The Labute approximate surface area is 333 Å². The largest absolute Gasteiger partial charge is 0.292 e. The zero-order valence-corrected chi connectivity index (χ0v) is 32.4. The Morgan fingerprint density at radius 2 is 1.00 bits per heavy atom. The Bertz CT molecular complexity index is 3610. The quantitative estimate of drug-likeness (QED) is 0.132. The Morgan fingerprint density at radius 1 is 0.404 bits per heavy atom. The van der Waals surface area contributed by atoms with Crippen LogP contribution in [0.2, 0.25) is 0 Å². The van der Waals surface area contributed by atoms with E-state index in [0.29, 0.717) is 0 Å². The molecule has 1 unspecified atom stereocenters. The van der Waals surface area contributed by atoms with E-state index in [2.05, 4.69) is 191 Å². The van der Waals surface area contributed by atoms with Gasteiger partial charge in [0.25, 0.3) is 0 Å². The van der Waals surface area contributed by atoms with Crippen molar-refractivity contribution in [3.63, 3.8) is 0 Å². The maximum absolute atomic E-state index is 6.95. The molecule has 0 aliphatic heterocycles. The first-order valence-electron chi connectivity index (χ1n) is 19.2. The zero-order valence-electron chi connectivity index (χ0n) is 30.7. The maximum Gasteiger partial charge on any atom is 0.146 e. The molecule has 3 aromatic heterocycles. The Morgan fingerprint density at radius 3 is 1.88 bits per heavy atom. The number of nitrogens with zero attached hydrogens (tertiary/aromatic N) is 3. The summed E-state index contributed by atoms with van der Waals surface area (Å²) in [5.74, 6) is 0. The fraction of sp³-hybridized carbons (Fsp3) is 0. The van der Waals surface area contributed by atoms with E-state index in [1.165, 1.54) is 64.6 Å². The number of para-hydroxylation sites is 2. The fourth-order valence-electron chi connectivity index (χ4n) is 8.99. The van der Waals surface area contributed by atoms with Crippen molar-refractivity contribution in [2.24, 2.45) is 0 Å². The van der Waals surface area contributed by atoms with E-state index in [1.807, 2.05) is 12.3 Å². The summed E-state index contributed by atoms with van der Waals surface area (Å²) in [6.07, 6.45) is 1.85. The minimum Gasteiger partial charge on any atom is -0.292 e. The molecule has 0 aliphatic rings. The van der Waals surface area contributed by atoms with E-state index in [4.69, 9.17) is 16.8 Å². The highest BCUT2D eigenvalue weighted by Crippen LogP contribution is 2.45. The van der Waals surface area contributed by atoms with Crippen LogP contribution in [0, 0.1) is 0 Å². The van der Waals surface area contributed by atoms with Crippen molar-refractivity contribution >= 4 is 115 Å². The monoisotopic (exact) mass is 761 g/mol. The van der Waals surface area contributed by atoms with E-state index < -0.39 is 6.04 Å². The molecule has 0 bridgehead atoms. The van der Waals surface area contributed by atoms with Gasteiger partial charge in [-0.2, -0.15) is 0 Å². The van der Waals surface area contributed by atoms with E-state index in [1.54, 1.807) is 0 Å². The Kier molecular flexibility index (Phi) is 7.07. The van der Waals surface area contributed by atoms with Gasteiger partial charge in [-0.15, -0.1) is 0 Å². The third kappa shape index (κ3) is 4.95. The summed E-state index contributed by atoms with van der Waals surface area (Å²) < 4.78 is 2.35. The van der Waals surface area contributed by atoms with Gasteiger partial charge in [0, 0.05) is 33.8 Å². The van der Waals surface area contributed by atoms with Gasteiger partial charge in [0.1, 0.15) is 5.65 Å². The molecule has 12 rings (SSSR count). The summed E-state index contributed by atoms with van der Waals surface area (Å²) in [5.41, 5.74) is 7.55. The van der Waals surface area contributed by atoms with Gasteiger partial charge < -0.3 is 0 Å². The highest BCUT2D eigenvalue weighted by molar-refractivity contribution is 8.25. The minimum absolute atomic E-state index is 0.976. The third-order valence-electron chi connectivity index (χ3n) is 11.8. The molecule has 0 saturated heterocycles. The molecule has 1 atom stereocenters. The first-order valence-corrected chi connectivity index (χ1v) is 22.0. The molecule has 12 aromatic rings. The van der Waals surface area contributed by atoms with Crippen molar-refractivity contribution < 1.29 is 0 Å². The first kappa shape index (κ1) is 32.5. The van der Waals surface area contributed by atoms with E-state index in [0.717, 1.165) is 44.0 Å². The lowest BCUT2D eigenvalue weighted by Crippen LogP contribution is -2.25. The molecular weight excluding hydrogens is 730 g/mol. The van der Waals surface area contributed by atoms with Crippen LogP contribution in [0.15, 0.2) is 194 Å². The molecule has 9 aromatic carbocycles. The van der Waals surface area contributed by atoms with E-state index >= 15 is 0 Å². The molecule has 3 heterocycles. The van der Waals surface area contributed by atoms with Crippen LogP contribution in [0.4, 0.5) is 0 Å². The molecule has 0 aliphatic carbocycles. The smallest absolute Gasteiger partial charge is 0.146 e. The minimum atomic E-state index is -2.47. The second-order valence-electron chi connectivity index (χ2n) is 15.0. The number of aromatic nitrogens is 3. The lowest BCUT2D eigenvalue weighted by molar-refractivity contribution is 1.32. The van der Waals surface area contributed by atoms with E-state index in [9.17, 15) is 0 Å². The van der Waals surface area contributed by atoms with Crippen LogP contribution in [-0.4, -0.2) is 14.4 Å². The molecule has 266 valence electrons. The van der Waals surface area contributed by atoms with Gasteiger partial charge in [-0.3, -0.25) is 9.38 Å². The summed E-state index contributed by atoms with van der Waals surface area (Å²) in [6, 6.07) is 65.8. The normalized spacial score (nSPS) is 13.1. The SMILES string of the molecule is S=P(c1ccc2ccccc2c1)(c1ccc2cc(-c3ccc4c5c6ccccc6ccc5c5nc6ccccc6n5c4c3)ccc2c1)c1ccc2ncccc2c1. The number of benzene rings is 9. The van der Waals surface area contributed by atoms with Crippen LogP contribution in [0.5, 0.6) is 0 Å². The lowest BCUT2D eigenvalue weighted by atomic mass is 9.96. The van der Waals surface area contributed by atoms with Crippen molar-refractivity contribution in [1.29, 1.82) is 0 Å². The molecule has 0 fully saturated rings. The summed E-state index contributed by atoms with van der Waals surface area (Å²) in [6.45, 7) is 0. The van der Waals surface area contributed by atoms with Crippen molar-refractivity contribution in [2.75, 3.05) is 0 Å². The van der Waals surface area contributed by atoms with Crippen LogP contribution in [0.25, 0.3) is 92.7 Å². The highest BCUT2D eigenvalue weighted by atomic mass is 32.4. The molecule has 0 N–H and O–H groups in total. The van der Waals surface area contributed by atoms with Crippen molar-refractivity contribution in [3.05, 3.63) is 194 Å². The van der Waals surface area contributed by atoms with Crippen LogP contribution in [0.1, 0.15) is 0 Å². The average molecular weight is 762 g/mol. The number of pyridine rings is 2. The molecule has 0 spiro atoms. The van der Waals surface area contributed by atoms with Crippen LogP contribution in [0.3, 0.4) is 0 Å². The van der Waals surface area contributed by atoms with Crippen LogP contribution < -0.4 is 15.9 Å². The predicted octanol–water partition coefficient (Wildman–Crippen LogP) is 12.2. The van der Waals surface area contributed by atoms with Gasteiger partial charge in [0.2, 0.25) is 0 Å². The van der Waals surface area contributed by atoms with E-state index in [-0.39, 0.29) is 0 Å². The standard InChI is InChI=1S/C52H32N3PS/c57-56(41-21-17-33-8-1-2-10-35(33)29-41,43-23-26-47-40(31-43)11-7-27-53-47)42-22-18-37-28-36(15-16-38(37)30-42)39-20-24-45-50(32-39)55-49-14-6-5-13-48(49)54-52(55)46-25-19-34-9-3-4-12-44(34)51(45)46/h1-32H. The third-order valence-corrected chi connectivity index (χ3v) is 16.7. The number of hydrogen-bond acceptors (Lipinski definition) is 3. The topological polar surface area (TPSA) is 30.2 Å². The van der Waals surface area contributed by atoms with Gasteiger partial charge in [-0.25, -0.2) is 4.98 Å². The number of imidazole rings is 1. The van der Waals surface area contributed by atoms with Gasteiger partial charge in [-0.05, 0) is 120 Å². The van der Waals surface area contributed by atoms with Crippen molar-refractivity contribution in [3.8, 4) is 11.1 Å². The van der Waals surface area contributed by atoms with Gasteiger partial charge >= 0.3 is 0 Å². The maximum atomic E-state index is 6.95. The molecule has 57 heavy (non-hydrogen) atoms. The van der Waals surface area contributed by atoms with Gasteiger partial charge in [0.15, 0.2) is 0 Å². The Hall–Kier alpha value is -6.71. The van der Waals surface area contributed by atoms with Crippen LogP contribution in [-0.2, 0) is 11.8 Å². The highest BCUT2D eigenvalue weighted by Gasteiger charge is 2.26. The Balaban J connectivity index is 1.04. The first-order chi connectivity index (χ1) is 28.1. The van der Waals surface area contributed by atoms with Gasteiger partial charge in [0.05, 0.1) is 22.1 Å². The number of hydrogen-bond donors (Lipinski definition) is 0. The summed E-state index contributed by atoms with van der Waals surface area (Å²) in [7, 11) is 0. The molecule has 0 radical (unpaired) electrons. The fourth-order valence-corrected chi connectivity index (χ4v) is 12.7. The second-order valence-corrected chi connectivity index (χ2v) is 19.4. The zero-order chi connectivity index (χ0) is 37.7. The molecular formula is C52H32N3PS. The number of fused-ring (bicyclic) bond motifs is 13. The second kappa shape index (κ2) is 12.4.